The van der Waals surface area contributed by atoms with Crippen molar-refractivity contribution in [2.45, 2.75) is 32.6 Å². The van der Waals surface area contributed by atoms with E-state index in [1.165, 1.54) is 0 Å². The van der Waals surface area contributed by atoms with Crippen LogP contribution >= 0.6 is 15.9 Å². The second kappa shape index (κ2) is 8.83. The molecule has 0 spiro atoms. The van der Waals surface area contributed by atoms with E-state index in [1.54, 1.807) is 13.4 Å². The van der Waals surface area contributed by atoms with Crippen LogP contribution in [0.1, 0.15) is 31.9 Å². The number of anilines is 1. The molecule has 3 heterocycles. The van der Waals surface area contributed by atoms with Crippen molar-refractivity contribution in [1.29, 1.82) is 0 Å². The first-order valence-corrected chi connectivity index (χ1v) is 11.2. The summed E-state index contributed by atoms with van der Waals surface area (Å²) in [4.78, 5) is 19.7. The van der Waals surface area contributed by atoms with Crippen molar-refractivity contribution in [2.75, 3.05) is 31.6 Å². The molecule has 0 radical (unpaired) electrons. The molecule has 2 aromatic rings. The van der Waals surface area contributed by atoms with Gasteiger partial charge in [0.2, 0.25) is 5.95 Å². The molecule has 0 aromatic carbocycles. The van der Waals surface area contributed by atoms with Crippen LogP contribution in [0.25, 0.3) is 11.2 Å². The number of nitrogens with one attached hydrogen (secondary N) is 1. The van der Waals surface area contributed by atoms with Gasteiger partial charge in [0.1, 0.15) is 11.3 Å². The first-order chi connectivity index (χ1) is 14.1. The maximum atomic E-state index is 5.73. The van der Waals surface area contributed by atoms with Crippen LogP contribution in [0.5, 0.6) is 0 Å². The first-order valence-electron chi connectivity index (χ1n) is 10.4. The molecular formula is C21H29BrN6O. The van der Waals surface area contributed by atoms with Crippen molar-refractivity contribution in [2.24, 2.45) is 23.5 Å². The lowest BCUT2D eigenvalue weighted by Crippen LogP contribution is -2.35. The maximum Gasteiger partial charge on any atom is 0.227 e. The molecule has 2 aromatic heterocycles. The van der Waals surface area contributed by atoms with Crippen LogP contribution in [0, 0.1) is 17.8 Å². The zero-order chi connectivity index (χ0) is 20.4. The number of H-pyrrole nitrogens is 1. The first kappa shape index (κ1) is 20.3. The number of aromatic nitrogens is 4. The lowest BCUT2D eigenvalue weighted by atomic mass is 9.85. The van der Waals surface area contributed by atoms with Crippen molar-refractivity contribution >= 4 is 33.0 Å². The normalized spacial score (nSPS) is 23.2. The van der Waals surface area contributed by atoms with Gasteiger partial charge in [-0.2, -0.15) is 4.98 Å². The number of hydrogen-bond donors (Lipinski definition) is 2. The number of halogens is 1. The van der Waals surface area contributed by atoms with E-state index < -0.39 is 0 Å². The summed E-state index contributed by atoms with van der Waals surface area (Å²) in [5.74, 6) is 3.09. The van der Waals surface area contributed by atoms with Crippen molar-refractivity contribution in [3.05, 3.63) is 34.4 Å². The number of fused-ring (bicyclic) bond motifs is 1. The zero-order valence-corrected chi connectivity index (χ0v) is 18.7. The Labute approximate surface area is 180 Å². The highest BCUT2D eigenvalue weighted by molar-refractivity contribution is 9.11. The number of allylic oxidation sites excluding steroid dienone is 3. The Morgan fingerprint density at radius 1 is 1.28 bits per heavy atom. The largest absolute Gasteiger partial charge is 0.496 e. The van der Waals surface area contributed by atoms with Gasteiger partial charge in [-0.1, -0.05) is 13.0 Å². The lowest BCUT2D eigenvalue weighted by molar-refractivity contribution is 0.293. The lowest BCUT2D eigenvalue weighted by Gasteiger charge is -2.32. The third-order valence-corrected chi connectivity index (χ3v) is 6.81. The molecule has 1 aliphatic carbocycles. The Morgan fingerprint density at radius 2 is 2.07 bits per heavy atom. The molecule has 7 nitrogen and oxygen atoms in total. The number of rotatable bonds is 6. The van der Waals surface area contributed by atoms with Gasteiger partial charge >= 0.3 is 0 Å². The number of imidazole rings is 1. The van der Waals surface area contributed by atoms with Gasteiger partial charge in [0.05, 0.1) is 23.6 Å². The Morgan fingerprint density at radius 3 is 2.79 bits per heavy atom. The minimum absolute atomic E-state index is 0.327. The fourth-order valence-corrected chi connectivity index (χ4v) is 4.96. The Hall–Kier alpha value is -1.93. The van der Waals surface area contributed by atoms with Crippen molar-refractivity contribution in [3.8, 4) is 0 Å². The molecular weight excluding hydrogens is 432 g/mol. The molecule has 29 heavy (non-hydrogen) atoms. The van der Waals surface area contributed by atoms with Crippen LogP contribution in [0.15, 0.2) is 28.7 Å². The van der Waals surface area contributed by atoms with Gasteiger partial charge < -0.3 is 20.4 Å². The number of aromatic amines is 1. The average molecular weight is 461 g/mol. The van der Waals surface area contributed by atoms with E-state index in [9.17, 15) is 0 Å². The van der Waals surface area contributed by atoms with Gasteiger partial charge in [0.25, 0.3) is 0 Å². The fraction of sp³-hybridized carbons (Fsp3) is 0.571. The number of piperidine rings is 1. The van der Waals surface area contributed by atoms with Gasteiger partial charge in [-0.25, -0.2) is 9.97 Å². The maximum absolute atomic E-state index is 5.73. The number of nitrogens with zero attached hydrogens (tertiary/aromatic N) is 4. The quantitative estimate of drug-likeness (QED) is 0.684. The summed E-state index contributed by atoms with van der Waals surface area (Å²) in [5, 5.41) is 0. The number of ether oxygens (including phenoxy) is 1. The summed E-state index contributed by atoms with van der Waals surface area (Å²) in [5.41, 5.74) is 8.43. The van der Waals surface area contributed by atoms with Crippen LogP contribution in [0.3, 0.4) is 0 Å². The van der Waals surface area contributed by atoms with E-state index in [-0.39, 0.29) is 0 Å². The van der Waals surface area contributed by atoms with Crippen molar-refractivity contribution in [3.63, 3.8) is 0 Å². The van der Waals surface area contributed by atoms with Crippen LogP contribution in [0.4, 0.5) is 5.95 Å². The summed E-state index contributed by atoms with van der Waals surface area (Å²) < 4.78 is 6.44. The van der Waals surface area contributed by atoms with Crippen LogP contribution in [-0.2, 0) is 11.2 Å². The van der Waals surface area contributed by atoms with Gasteiger partial charge in [-0.3, -0.25) is 0 Å². The highest BCUT2D eigenvalue weighted by Gasteiger charge is 2.26. The van der Waals surface area contributed by atoms with Crippen LogP contribution < -0.4 is 10.6 Å². The molecule has 1 aliphatic heterocycles. The fourth-order valence-electron chi connectivity index (χ4n) is 4.32. The molecule has 156 valence electrons. The zero-order valence-electron chi connectivity index (χ0n) is 17.1. The van der Waals surface area contributed by atoms with Crippen LogP contribution in [0.2, 0.25) is 0 Å². The highest BCUT2D eigenvalue weighted by Crippen LogP contribution is 2.34. The number of methoxy groups -OCH3 is 1. The third kappa shape index (κ3) is 4.33. The molecule has 0 bridgehead atoms. The average Bonchev–Trinajstić information content (AvgIpc) is 3.20. The predicted molar refractivity (Wildman–Crippen MR) is 119 cm³/mol. The van der Waals surface area contributed by atoms with E-state index in [0.29, 0.717) is 11.8 Å². The van der Waals surface area contributed by atoms with E-state index in [1.807, 2.05) is 0 Å². The summed E-state index contributed by atoms with van der Waals surface area (Å²) in [6, 6.07) is 0. The summed E-state index contributed by atoms with van der Waals surface area (Å²) in [6.45, 7) is 4.94. The van der Waals surface area contributed by atoms with E-state index in [0.717, 1.165) is 84.3 Å². The molecule has 0 saturated carbocycles. The van der Waals surface area contributed by atoms with E-state index in [4.69, 9.17) is 20.4 Å². The van der Waals surface area contributed by atoms with Gasteiger partial charge in [-0.05, 0) is 72.0 Å². The Kier molecular flexibility index (Phi) is 6.20. The van der Waals surface area contributed by atoms with E-state index >= 15 is 0 Å². The Balaban J connectivity index is 1.57. The second-order valence-electron chi connectivity index (χ2n) is 8.06. The minimum atomic E-state index is 0.327. The monoisotopic (exact) mass is 460 g/mol. The molecule has 0 amide bonds. The summed E-state index contributed by atoms with van der Waals surface area (Å²) in [7, 11) is 1.70. The van der Waals surface area contributed by atoms with E-state index in [2.05, 4.69) is 49.9 Å². The smallest absolute Gasteiger partial charge is 0.227 e. The molecule has 8 heteroatoms. The summed E-state index contributed by atoms with van der Waals surface area (Å²) >= 11 is 3.63. The molecule has 2 atom stereocenters. The molecule has 1 saturated heterocycles. The van der Waals surface area contributed by atoms with Crippen molar-refractivity contribution < 1.29 is 4.74 Å². The molecule has 1 fully saturated rings. The summed E-state index contributed by atoms with van der Waals surface area (Å²) in [6.07, 6.45) is 10.3. The number of hydrogen-bond acceptors (Lipinski definition) is 6. The Bertz CT molecular complexity index is 915. The standard InChI is InChI=1S/C21H29BrN6O/c1-13-9-18(29-2)16(22)10-15(13)11-17-19-20(25-12-24-19)27-21(26-17)28-7-4-14(3-6-23)5-8-28/h9-10,12-15H,3-8,11,23H2,1-2H3,(H,24,25,26,27). The topological polar surface area (TPSA) is 92.9 Å². The van der Waals surface area contributed by atoms with Crippen molar-refractivity contribution in [1.82, 2.24) is 19.9 Å². The SMILES string of the molecule is COC1=CC(C)C(Cc2nc(N3CCC(CCN)CC3)nc3nc[nH]c23)C=C1Br. The van der Waals surface area contributed by atoms with Gasteiger partial charge in [0.15, 0.2) is 5.65 Å². The van der Waals surface area contributed by atoms with Gasteiger partial charge in [-0.15, -0.1) is 0 Å². The highest BCUT2D eigenvalue weighted by atomic mass is 79.9. The minimum Gasteiger partial charge on any atom is -0.496 e. The third-order valence-electron chi connectivity index (χ3n) is 6.16. The second-order valence-corrected chi connectivity index (χ2v) is 8.91. The predicted octanol–water partition coefficient (Wildman–Crippen LogP) is 3.54. The molecule has 3 N–H and O–H groups in total. The van der Waals surface area contributed by atoms with Gasteiger partial charge in [0, 0.05) is 13.1 Å². The molecule has 2 unspecified atom stereocenters. The molecule has 4 rings (SSSR count). The number of nitrogens with two attached hydrogens (primary N) is 1. The van der Waals surface area contributed by atoms with Crippen LogP contribution in [-0.4, -0.2) is 46.7 Å². The molecule has 2 aliphatic rings.